The van der Waals surface area contributed by atoms with Crippen LogP contribution in [0.5, 0.6) is 0 Å². The Kier molecular flexibility index (Phi) is 6.03. The summed E-state index contributed by atoms with van der Waals surface area (Å²) >= 11 is 5.81. The number of carbonyl (C=O) groups is 1. The van der Waals surface area contributed by atoms with Gasteiger partial charge in [-0.2, -0.15) is 5.10 Å². The van der Waals surface area contributed by atoms with E-state index in [9.17, 15) is 9.18 Å². The van der Waals surface area contributed by atoms with Gasteiger partial charge in [-0.1, -0.05) is 17.7 Å². The summed E-state index contributed by atoms with van der Waals surface area (Å²) in [6.45, 7) is 4.79. The number of hydrogen-bond donors (Lipinski definition) is 3. The zero-order chi connectivity index (χ0) is 22.0. The Morgan fingerprint density at radius 3 is 2.61 bits per heavy atom. The number of anilines is 3. The second-order valence-electron chi connectivity index (χ2n) is 7.56. The zero-order valence-corrected chi connectivity index (χ0v) is 18.0. The molecular weight excluding hydrogens is 421 g/mol. The molecular formula is C21H23ClFN7O. The summed E-state index contributed by atoms with van der Waals surface area (Å²) in [7, 11) is 0. The Morgan fingerprint density at radius 2 is 1.90 bits per heavy atom. The van der Waals surface area contributed by atoms with Gasteiger partial charge < -0.3 is 15.5 Å². The van der Waals surface area contributed by atoms with E-state index in [-0.39, 0.29) is 22.5 Å². The van der Waals surface area contributed by atoms with E-state index in [0.29, 0.717) is 36.4 Å². The van der Waals surface area contributed by atoms with Crippen LogP contribution >= 0.6 is 11.6 Å². The van der Waals surface area contributed by atoms with Crippen LogP contribution in [0.4, 0.5) is 21.8 Å². The molecule has 10 heteroatoms. The highest BCUT2D eigenvalue weighted by Gasteiger charge is 2.26. The maximum atomic E-state index is 14.2. The van der Waals surface area contributed by atoms with Gasteiger partial charge in [-0.3, -0.25) is 9.89 Å². The van der Waals surface area contributed by atoms with Gasteiger partial charge in [0.25, 0.3) is 5.91 Å². The molecule has 1 fully saturated rings. The molecule has 1 aliphatic heterocycles. The topological polar surface area (TPSA) is 98.8 Å². The highest BCUT2D eigenvalue weighted by Crippen LogP contribution is 2.23. The first-order valence-corrected chi connectivity index (χ1v) is 10.4. The van der Waals surface area contributed by atoms with Gasteiger partial charge in [0.1, 0.15) is 17.5 Å². The molecule has 1 saturated heterocycles. The highest BCUT2D eigenvalue weighted by atomic mass is 35.5. The Balaban J connectivity index is 1.37. The number of amides is 1. The van der Waals surface area contributed by atoms with Crippen molar-refractivity contribution in [2.45, 2.75) is 32.7 Å². The van der Waals surface area contributed by atoms with E-state index in [2.05, 4.69) is 30.8 Å². The number of likely N-dealkylation sites (tertiary alicyclic amines) is 1. The lowest BCUT2D eigenvalue weighted by molar-refractivity contribution is 0.0713. The van der Waals surface area contributed by atoms with Crippen LogP contribution in [0.15, 0.2) is 30.3 Å². The number of carbonyl (C=O) groups excluding carboxylic acids is 1. The molecule has 3 N–H and O–H groups in total. The molecule has 0 bridgehead atoms. The van der Waals surface area contributed by atoms with Crippen molar-refractivity contribution < 1.29 is 9.18 Å². The molecule has 1 aromatic carbocycles. The minimum Gasteiger partial charge on any atom is -0.367 e. The third-order valence-electron chi connectivity index (χ3n) is 5.12. The van der Waals surface area contributed by atoms with Crippen molar-refractivity contribution in [3.63, 3.8) is 0 Å². The quantitative estimate of drug-likeness (QED) is 0.549. The molecule has 3 aromatic rings. The Morgan fingerprint density at radius 1 is 1.16 bits per heavy atom. The lowest BCUT2D eigenvalue weighted by atomic mass is 10.0. The van der Waals surface area contributed by atoms with E-state index in [1.807, 2.05) is 26.0 Å². The number of halogens is 2. The zero-order valence-electron chi connectivity index (χ0n) is 17.2. The van der Waals surface area contributed by atoms with Crippen molar-refractivity contribution in [3.8, 4) is 0 Å². The predicted molar refractivity (Wildman–Crippen MR) is 117 cm³/mol. The van der Waals surface area contributed by atoms with Crippen molar-refractivity contribution in [1.82, 2.24) is 25.1 Å². The lowest BCUT2D eigenvalue weighted by Gasteiger charge is -2.32. The fraction of sp³-hybridized carbons (Fsp3) is 0.333. The third-order valence-corrected chi connectivity index (χ3v) is 5.41. The average molecular weight is 444 g/mol. The van der Waals surface area contributed by atoms with Gasteiger partial charge in [0.15, 0.2) is 11.6 Å². The van der Waals surface area contributed by atoms with Crippen LogP contribution in [0.3, 0.4) is 0 Å². The fourth-order valence-electron chi connectivity index (χ4n) is 3.59. The Labute approximate surface area is 184 Å². The molecule has 0 spiro atoms. The Hall–Kier alpha value is -3.20. The minimum absolute atomic E-state index is 0.00894. The van der Waals surface area contributed by atoms with Crippen molar-refractivity contribution >= 4 is 35.0 Å². The number of benzene rings is 1. The van der Waals surface area contributed by atoms with Crippen LogP contribution in [0.25, 0.3) is 0 Å². The number of nitrogens with one attached hydrogen (secondary N) is 3. The number of rotatable bonds is 5. The van der Waals surface area contributed by atoms with Gasteiger partial charge >= 0.3 is 0 Å². The normalized spacial score (nSPS) is 14.5. The maximum absolute atomic E-state index is 14.2. The van der Waals surface area contributed by atoms with Gasteiger partial charge in [0, 0.05) is 37.0 Å². The van der Waals surface area contributed by atoms with Gasteiger partial charge in [-0.15, -0.1) is 0 Å². The van der Waals surface area contributed by atoms with E-state index in [1.54, 1.807) is 11.0 Å². The fourth-order valence-corrected chi connectivity index (χ4v) is 3.77. The molecule has 4 rings (SSSR count). The van der Waals surface area contributed by atoms with Crippen LogP contribution in [0, 0.1) is 19.7 Å². The first-order valence-electron chi connectivity index (χ1n) is 10.0. The molecule has 3 heterocycles. The second kappa shape index (κ2) is 8.89. The van der Waals surface area contributed by atoms with Crippen LogP contribution in [-0.4, -0.2) is 50.1 Å². The van der Waals surface area contributed by atoms with Crippen molar-refractivity contribution in [2.24, 2.45) is 0 Å². The number of H-pyrrole nitrogens is 1. The van der Waals surface area contributed by atoms with E-state index in [1.165, 1.54) is 12.1 Å². The number of piperidine rings is 1. The van der Waals surface area contributed by atoms with Crippen molar-refractivity contribution in [1.29, 1.82) is 0 Å². The second-order valence-corrected chi connectivity index (χ2v) is 7.97. The molecule has 8 nitrogen and oxygen atoms in total. The summed E-state index contributed by atoms with van der Waals surface area (Å²) in [5, 5.41) is 13.6. The molecule has 1 amide bonds. The number of aromatic nitrogens is 4. The van der Waals surface area contributed by atoms with E-state index < -0.39 is 5.82 Å². The molecule has 1 aliphatic rings. The van der Waals surface area contributed by atoms with E-state index in [0.717, 1.165) is 18.5 Å². The minimum atomic E-state index is -0.669. The van der Waals surface area contributed by atoms with Crippen LogP contribution in [0.2, 0.25) is 5.02 Å². The standard InChI is InChI=1S/C21H23ClFN7O/c1-12-10-19(29-28-12)27-18-11-17(24-13(2)25-18)26-14-6-8-30(9-7-14)21(31)15-4-3-5-16(22)20(15)23/h3-5,10-11,14H,6-9H2,1-2H3,(H3,24,25,26,27,28,29). The molecule has 31 heavy (non-hydrogen) atoms. The van der Waals surface area contributed by atoms with Gasteiger partial charge in [0.2, 0.25) is 0 Å². The molecule has 162 valence electrons. The van der Waals surface area contributed by atoms with E-state index in [4.69, 9.17) is 11.6 Å². The van der Waals surface area contributed by atoms with Gasteiger partial charge in [-0.25, -0.2) is 14.4 Å². The number of hydrogen-bond acceptors (Lipinski definition) is 6. The summed E-state index contributed by atoms with van der Waals surface area (Å²) in [6.07, 6.45) is 1.44. The summed E-state index contributed by atoms with van der Waals surface area (Å²) in [5.74, 6) is 1.65. The van der Waals surface area contributed by atoms with Crippen LogP contribution in [-0.2, 0) is 0 Å². The number of nitrogens with zero attached hydrogens (tertiary/aromatic N) is 4. The van der Waals surface area contributed by atoms with Crippen LogP contribution < -0.4 is 10.6 Å². The van der Waals surface area contributed by atoms with Gasteiger partial charge in [-0.05, 0) is 38.8 Å². The third kappa shape index (κ3) is 4.93. The molecule has 0 atom stereocenters. The lowest BCUT2D eigenvalue weighted by Crippen LogP contribution is -2.42. The summed E-state index contributed by atoms with van der Waals surface area (Å²) in [4.78, 5) is 23.2. The van der Waals surface area contributed by atoms with Crippen LogP contribution in [0.1, 0.15) is 34.7 Å². The molecule has 0 aliphatic carbocycles. The first-order chi connectivity index (χ1) is 14.9. The molecule has 0 saturated carbocycles. The monoisotopic (exact) mass is 443 g/mol. The highest BCUT2D eigenvalue weighted by molar-refractivity contribution is 6.31. The summed E-state index contributed by atoms with van der Waals surface area (Å²) < 4.78 is 14.2. The smallest absolute Gasteiger partial charge is 0.256 e. The molecule has 0 radical (unpaired) electrons. The molecule has 0 unspecified atom stereocenters. The Bertz CT molecular complexity index is 1100. The largest absolute Gasteiger partial charge is 0.367 e. The maximum Gasteiger partial charge on any atom is 0.256 e. The number of aryl methyl sites for hydroxylation is 2. The summed E-state index contributed by atoms with van der Waals surface area (Å²) in [5.41, 5.74) is 0.959. The SMILES string of the molecule is Cc1nc(Nc2cc(C)[nH]n2)cc(NC2CCN(C(=O)c3cccc(Cl)c3F)CC2)n1. The first kappa shape index (κ1) is 21.0. The molecule has 2 aromatic heterocycles. The van der Waals surface area contributed by atoms with Gasteiger partial charge in [0.05, 0.1) is 10.6 Å². The number of aromatic amines is 1. The summed E-state index contributed by atoms with van der Waals surface area (Å²) in [6, 6.07) is 8.34. The van der Waals surface area contributed by atoms with Crippen molar-refractivity contribution in [3.05, 3.63) is 58.3 Å². The average Bonchev–Trinajstić information content (AvgIpc) is 3.14. The van der Waals surface area contributed by atoms with E-state index >= 15 is 0 Å². The van der Waals surface area contributed by atoms with Crippen molar-refractivity contribution in [2.75, 3.05) is 23.7 Å². The predicted octanol–water partition coefficient (Wildman–Crippen LogP) is 4.07.